The van der Waals surface area contributed by atoms with Crippen LogP contribution in [0.5, 0.6) is 0 Å². The molecule has 0 unspecified atom stereocenters. The molecule has 0 radical (unpaired) electrons. The second-order valence-electron chi connectivity index (χ2n) is 0.0690. The summed E-state index contributed by atoms with van der Waals surface area (Å²) in [6.45, 7) is 0. The summed E-state index contributed by atoms with van der Waals surface area (Å²) >= 11 is 4.42. The molecule has 0 rings (SSSR count). The second-order valence-corrected chi connectivity index (χ2v) is 0.621. The number of rotatable bonds is 0. The van der Waals surface area contributed by atoms with E-state index in [-0.39, 0.29) is 48.4 Å². The van der Waals surface area contributed by atoms with Gasteiger partial charge in [-0.25, -0.2) is 0 Å². The molecule has 0 aromatic rings. The fraction of sp³-hybridized carbons (Fsp3) is 0. The third-order valence-corrected chi connectivity index (χ3v) is 0. The van der Waals surface area contributed by atoms with Gasteiger partial charge in [0.2, 0.25) is 0 Å². The maximum atomic E-state index is 8.67. The van der Waals surface area contributed by atoms with Crippen molar-refractivity contribution in [3.63, 3.8) is 0 Å². The molecule has 0 heterocycles. The van der Waals surface area contributed by atoms with Crippen LogP contribution in [0.2, 0.25) is 0 Å². The van der Waals surface area contributed by atoms with E-state index in [0.717, 1.165) is 0 Å². The molecule has 0 spiro atoms. The molecule has 0 aromatic heterocycles. The van der Waals surface area contributed by atoms with Crippen molar-refractivity contribution >= 4 is 56.8 Å². The minimum Gasteiger partial charge on any atom is -1.00 e. The summed E-state index contributed by atoms with van der Waals surface area (Å²) in [5.41, 5.74) is 0. The Balaban J connectivity index is -0.00000000667. The van der Waals surface area contributed by atoms with Crippen LogP contribution in [0.4, 0.5) is 0 Å². The van der Waals surface area contributed by atoms with Gasteiger partial charge in [0.25, 0.3) is 7.81 Å². The monoisotopic (exact) mass is 124 g/mol. The Labute approximate surface area is 63.7 Å². The Morgan fingerprint density at radius 1 is 2.00 bits per heavy atom. The predicted molar refractivity (Wildman–Crippen MR) is 21.4 cm³/mol. The van der Waals surface area contributed by atoms with Crippen LogP contribution < -0.4 is 0 Å². The minimum absolute atomic E-state index is 0. The van der Waals surface area contributed by atoms with E-state index < -0.39 is 0 Å². The van der Waals surface area contributed by atoms with Gasteiger partial charge in [0.05, 0.1) is 0 Å². The second kappa shape index (κ2) is 8.82. The van der Waals surface area contributed by atoms with E-state index in [1.807, 2.05) is 0 Å². The zero-order valence-electron chi connectivity index (χ0n) is 3.94. The molecule has 22 valence electrons. The maximum absolute atomic E-state index is 8.67. The van der Waals surface area contributed by atoms with Crippen molar-refractivity contribution in [1.82, 2.24) is 0 Å². The number of hydrogen-bond donors (Lipinski definition) is 0. The molecular weight excluding hydrogens is 123 g/mol. The summed E-state index contributed by atoms with van der Waals surface area (Å²) in [5.74, 6) is 0. The Bertz CT molecular complexity index is 21.0. The van der Waals surface area contributed by atoms with Crippen molar-refractivity contribution in [2.75, 3.05) is 0 Å². The molecule has 0 bridgehead atoms. The molecule has 1 nitrogen and oxygen atoms in total. The quantitative estimate of drug-likeness (QED) is 0.351. The van der Waals surface area contributed by atoms with Crippen LogP contribution in [-0.4, -0.2) is 37.7 Å². The van der Waals surface area contributed by atoms with Crippen molar-refractivity contribution in [1.29, 1.82) is 0 Å². The van der Waals surface area contributed by atoms with Crippen LogP contribution in [0.3, 0.4) is 0 Å². The van der Waals surface area contributed by atoms with Crippen molar-refractivity contribution in [2.45, 2.75) is 0 Å². The van der Waals surface area contributed by atoms with Crippen LogP contribution in [0.1, 0.15) is 2.85 Å². The zero-order chi connectivity index (χ0) is 2.71. The first kappa shape index (κ1) is 9.17. The standard InChI is InChI=1S/Ca.ClOP.2H/c;1-3-2;;/q+2;;2*-1. The van der Waals surface area contributed by atoms with Gasteiger partial charge in [0.15, 0.2) is 0 Å². The molecule has 4 heteroatoms. The first-order chi connectivity index (χ1) is 1.41. The molecule has 0 aliphatic rings. The van der Waals surface area contributed by atoms with E-state index >= 15 is 0 Å². The van der Waals surface area contributed by atoms with Crippen molar-refractivity contribution in [3.05, 3.63) is 0 Å². The molecule has 0 aliphatic carbocycles. The molecule has 0 saturated carbocycles. The molecule has 0 atom stereocenters. The first-order valence-electron chi connectivity index (χ1n) is 0.352. The van der Waals surface area contributed by atoms with Crippen LogP contribution in [0.15, 0.2) is 0 Å². The van der Waals surface area contributed by atoms with Crippen LogP contribution in [0.25, 0.3) is 0 Å². The van der Waals surface area contributed by atoms with Gasteiger partial charge in [0.1, 0.15) is 0 Å². The largest absolute Gasteiger partial charge is 2.00 e. The molecule has 0 amide bonds. The van der Waals surface area contributed by atoms with E-state index in [4.69, 9.17) is 4.57 Å². The summed E-state index contributed by atoms with van der Waals surface area (Å²) in [6.07, 6.45) is 0. The van der Waals surface area contributed by atoms with Gasteiger partial charge in [-0.2, -0.15) is 0 Å². The smallest absolute Gasteiger partial charge is 1.00 e. The van der Waals surface area contributed by atoms with E-state index in [0.29, 0.717) is 0 Å². The first-order valence-corrected chi connectivity index (χ1v) is 2.07. The number of hydrogen-bond acceptors (Lipinski definition) is 1. The summed E-state index contributed by atoms with van der Waals surface area (Å²) < 4.78 is 8.67. The van der Waals surface area contributed by atoms with Crippen molar-refractivity contribution in [2.24, 2.45) is 0 Å². The average Bonchev–Trinajstić information content (AvgIpc) is 0.918. The van der Waals surface area contributed by atoms with Gasteiger partial charge in [-0.3, -0.25) is 4.57 Å². The minimum atomic E-state index is -0.361. The van der Waals surface area contributed by atoms with Crippen molar-refractivity contribution < 1.29 is 7.42 Å². The van der Waals surface area contributed by atoms with E-state index in [2.05, 4.69) is 11.2 Å². The molecule has 0 N–H and O–H groups in total. The number of halogens is 1. The Hall–Kier alpha value is 1.65. The molecule has 4 heavy (non-hydrogen) atoms. The fourth-order valence-corrected chi connectivity index (χ4v) is 0. The van der Waals surface area contributed by atoms with E-state index in [1.165, 1.54) is 0 Å². The van der Waals surface area contributed by atoms with E-state index in [9.17, 15) is 0 Å². The van der Waals surface area contributed by atoms with Crippen molar-refractivity contribution in [3.8, 4) is 0 Å². The van der Waals surface area contributed by atoms with Crippen LogP contribution in [-0.2, 0) is 4.57 Å². The summed E-state index contributed by atoms with van der Waals surface area (Å²) in [6, 6.07) is 0. The van der Waals surface area contributed by atoms with Gasteiger partial charge in [-0.1, -0.05) is 0 Å². The predicted octanol–water partition coefficient (Wildman–Crippen LogP) is 1.28. The van der Waals surface area contributed by atoms with Crippen LogP contribution in [0, 0.1) is 0 Å². The Morgan fingerprint density at radius 3 is 2.00 bits per heavy atom. The SMILES string of the molecule is O=PCl.[Ca+2].[H-].[H-]. The summed E-state index contributed by atoms with van der Waals surface area (Å²) in [4.78, 5) is 0. The molecule has 0 aromatic carbocycles. The zero-order valence-corrected chi connectivity index (χ0v) is 5.80. The van der Waals surface area contributed by atoms with Crippen LogP contribution >= 0.6 is 19.1 Å². The Kier molecular flexibility index (Phi) is 20.2. The molecule has 0 saturated heterocycles. The third kappa shape index (κ3) is 9.42. The Morgan fingerprint density at radius 2 is 2.00 bits per heavy atom. The fourth-order valence-electron chi connectivity index (χ4n) is 0. The molecular formula is H2CaClOP. The van der Waals surface area contributed by atoms with Gasteiger partial charge in [0, 0.05) is 0 Å². The van der Waals surface area contributed by atoms with Gasteiger partial charge < -0.3 is 2.85 Å². The third-order valence-electron chi connectivity index (χ3n) is 0. The van der Waals surface area contributed by atoms with E-state index in [1.54, 1.807) is 0 Å². The topological polar surface area (TPSA) is 17.1 Å². The molecule has 0 aliphatic heterocycles. The summed E-state index contributed by atoms with van der Waals surface area (Å²) in [5, 5.41) is 0. The summed E-state index contributed by atoms with van der Waals surface area (Å²) in [7, 11) is -0.361. The normalized spacial score (nSPS) is 5.25. The van der Waals surface area contributed by atoms with Gasteiger partial charge in [-0.15, -0.1) is 0 Å². The maximum Gasteiger partial charge on any atom is 2.00 e. The van der Waals surface area contributed by atoms with Gasteiger partial charge >= 0.3 is 37.7 Å². The van der Waals surface area contributed by atoms with Gasteiger partial charge in [-0.05, 0) is 11.2 Å². The molecule has 0 fully saturated rings. The average molecular weight is 125 g/mol.